The monoisotopic (exact) mass is 397 g/mol. The van der Waals surface area contributed by atoms with E-state index in [1.807, 2.05) is 0 Å². The summed E-state index contributed by atoms with van der Waals surface area (Å²) in [5.41, 5.74) is 3.56. The summed E-state index contributed by atoms with van der Waals surface area (Å²) in [6, 6.07) is 2.75. The first-order valence-corrected chi connectivity index (χ1v) is 12.5. The van der Waals surface area contributed by atoms with Crippen LogP contribution in [0.15, 0.2) is 11.1 Å². The molecule has 0 amide bonds. The summed E-state index contributed by atoms with van der Waals surface area (Å²) >= 11 is 0. The van der Waals surface area contributed by atoms with E-state index in [0.717, 1.165) is 49.4 Å². The van der Waals surface area contributed by atoms with E-state index in [4.69, 9.17) is 0 Å². The molecular weight excluding hydrogens is 354 g/mol. The van der Waals surface area contributed by atoms with Crippen LogP contribution < -0.4 is 0 Å². The van der Waals surface area contributed by atoms with Crippen molar-refractivity contribution in [1.82, 2.24) is 0 Å². The molecule has 4 aliphatic carbocycles. The molecule has 0 aromatic carbocycles. The van der Waals surface area contributed by atoms with Crippen molar-refractivity contribution in [3.05, 3.63) is 11.1 Å². The van der Waals surface area contributed by atoms with E-state index in [1.165, 1.54) is 38.5 Å². The first-order valence-electron chi connectivity index (χ1n) is 12.5. The van der Waals surface area contributed by atoms with Crippen LogP contribution in [-0.2, 0) is 0 Å². The van der Waals surface area contributed by atoms with Crippen LogP contribution in [0, 0.1) is 51.2 Å². The van der Waals surface area contributed by atoms with Gasteiger partial charge in [0.15, 0.2) is 0 Å². The fourth-order valence-corrected chi connectivity index (χ4v) is 8.46. The fourth-order valence-electron chi connectivity index (χ4n) is 8.46. The summed E-state index contributed by atoms with van der Waals surface area (Å²) in [6.07, 6.45) is 12.4. The number of fused-ring (bicyclic) bond motifs is 4. The van der Waals surface area contributed by atoms with Gasteiger partial charge in [0.2, 0.25) is 0 Å². The Balaban J connectivity index is 1.64. The minimum absolute atomic E-state index is 0.00274. The Morgan fingerprint density at radius 2 is 1.79 bits per heavy atom. The zero-order valence-electron chi connectivity index (χ0n) is 19.6. The molecule has 0 bridgehead atoms. The van der Waals surface area contributed by atoms with Crippen molar-refractivity contribution in [2.45, 2.75) is 111 Å². The first-order chi connectivity index (χ1) is 13.7. The normalized spacial score (nSPS) is 45.4. The Morgan fingerprint density at radius 1 is 1.03 bits per heavy atom. The number of hydrogen-bond donors (Lipinski definition) is 1. The molecule has 7 atom stereocenters. The van der Waals surface area contributed by atoms with Crippen molar-refractivity contribution in [2.24, 2.45) is 39.9 Å². The van der Waals surface area contributed by atoms with Gasteiger partial charge in [0.05, 0.1) is 17.6 Å². The Labute approximate surface area is 179 Å². The Morgan fingerprint density at radius 3 is 2.48 bits per heavy atom. The van der Waals surface area contributed by atoms with Gasteiger partial charge in [0, 0.05) is 5.41 Å². The molecule has 162 valence electrons. The lowest BCUT2D eigenvalue weighted by molar-refractivity contribution is -0.0254. The van der Waals surface area contributed by atoms with Crippen LogP contribution in [0.3, 0.4) is 0 Å². The maximum atomic E-state index is 10.4. The Kier molecular flexibility index (Phi) is 5.47. The minimum atomic E-state index is -0.334. The third-order valence-corrected chi connectivity index (χ3v) is 10.3. The van der Waals surface area contributed by atoms with Crippen molar-refractivity contribution < 1.29 is 5.11 Å². The highest BCUT2D eigenvalue weighted by molar-refractivity contribution is 5.39. The molecule has 0 aliphatic heterocycles. The molecule has 4 aliphatic rings. The van der Waals surface area contributed by atoms with Crippen LogP contribution in [-0.4, -0.2) is 11.2 Å². The molecule has 29 heavy (non-hydrogen) atoms. The van der Waals surface area contributed by atoms with Crippen LogP contribution in [0.4, 0.5) is 0 Å². The molecule has 2 nitrogen and oxygen atoms in total. The van der Waals surface area contributed by atoms with Crippen LogP contribution in [0.5, 0.6) is 0 Å². The van der Waals surface area contributed by atoms with Crippen LogP contribution in [0.1, 0.15) is 105 Å². The molecule has 0 unspecified atom stereocenters. The van der Waals surface area contributed by atoms with Crippen molar-refractivity contribution >= 4 is 0 Å². The Bertz CT molecular complexity index is 717. The molecule has 0 radical (unpaired) electrons. The van der Waals surface area contributed by atoms with Crippen LogP contribution in [0.2, 0.25) is 0 Å². The van der Waals surface area contributed by atoms with Crippen LogP contribution in [0.25, 0.3) is 0 Å². The van der Waals surface area contributed by atoms with Crippen molar-refractivity contribution in [2.75, 3.05) is 0 Å². The second-order valence-electron chi connectivity index (χ2n) is 12.1. The average Bonchev–Trinajstić information content (AvgIpc) is 3.04. The summed E-state index contributed by atoms with van der Waals surface area (Å²) in [5, 5.41) is 20.6. The van der Waals surface area contributed by atoms with Gasteiger partial charge in [-0.1, -0.05) is 58.6 Å². The molecule has 4 rings (SSSR count). The lowest BCUT2D eigenvalue weighted by Crippen LogP contribution is -2.51. The largest absolute Gasteiger partial charge is 0.393 e. The number of aliphatic hydroxyl groups is 1. The highest BCUT2D eigenvalue weighted by Gasteiger charge is 2.60. The number of rotatable bonds is 4. The van der Waals surface area contributed by atoms with E-state index < -0.39 is 0 Å². The lowest BCUT2D eigenvalue weighted by Gasteiger charge is -2.58. The fraction of sp³-hybridized carbons (Fsp3) is 0.889. The summed E-state index contributed by atoms with van der Waals surface area (Å²) in [6.45, 7) is 12.2. The molecule has 0 heterocycles. The third kappa shape index (κ3) is 3.13. The highest BCUT2D eigenvalue weighted by atomic mass is 16.3. The van der Waals surface area contributed by atoms with Crippen LogP contribution >= 0.6 is 0 Å². The summed E-state index contributed by atoms with van der Waals surface area (Å²) in [5.74, 6) is 3.25. The Hall–Kier alpha value is -0.810. The molecule has 1 N–H and O–H groups in total. The van der Waals surface area contributed by atoms with Gasteiger partial charge in [-0.15, -0.1) is 0 Å². The van der Waals surface area contributed by atoms with E-state index in [0.29, 0.717) is 11.8 Å². The van der Waals surface area contributed by atoms with E-state index in [2.05, 4.69) is 40.7 Å². The van der Waals surface area contributed by atoms with E-state index in [-0.39, 0.29) is 16.9 Å². The van der Waals surface area contributed by atoms with E-state index in [9.17, 15) is 10.4 Å². The SMILES string of the molecule is CC(C)CC[C@@H](C)[C@H]1CC[C@H]2C3=C(CC[C@]12C)[C@@]1(C)CC[C@H](O)C[C@]1(C#N)CC3. The smallest absolute Gasteiger partial charge is 0.0700 e. The maximum absolute atomic E-state index is 10.4. The predicted octanol–water partition coefficient (Wildman–Crippen LogP) is 7.04. The zero-order chi connectivity index (χ0) is 21.0. The molecule has 2 heteroatoms. The summed E-state index contributed by atoms with van der Waals surface area (Å²) in [4.78, 5) is 0. The van der Waals surface area contributed by atoms with Crippen molar-refractivity contribution in [3.8, 4) is 6.07 Å². The number of nitriles is 1. The quantitative estimate of drug-likeness (QED) is 0.517. The van der Waals surface area contributed by atoms with Crippen molar-refractivity contribution in [1.29, 1.82) is 5.26 Å². The molecule has 0 aromatic rings. The minimum Gasteiger partial charge on any atom is -0.393 e. The van der Waals surface area contributed by atoms with Gasteiger partial charge < -0.3 is 5.11 Å². The zero-order valence-corrected chi connectivity index (χ0v) is 19.6. The van der Waals surface area contributed by atoms with Gasteiger partial charge in [-0.25, -0.2) is 0 Å². The second kappa shape index (κ2) is 7.40. The van der Waals surface area contributed by atoms with Gasteiger partial charge in [-0.3, -0.25) is 0 Å². The molecule has 0 saturated heterocycles. The standard InChI is InChI=1S/C27H43NO/c1-18(2)6-7-19(3)22-8-9-23-21-11-15-27(17-28)16-20(29)10-14-26(27,5)24(21)12-13-25(22,23)4/h18-20,22-23,29H,6-16H2,1-5H3/t19-,20+,22-,23+,25-,26-,27+/m1/s1. The number of allylic oxidation sites excluding steroid dienone is 2. The van der Waals surface area contributed by atoms with Gasteiger partial charge >= 0.3 is 0 Å². The van der Waals surface area contributed by atoms with Gasteiger partial charge in [-0.05, 0) is 86.9 Å². The summed E-state index contributed by atoms with van der Waals surface area (Å²) < 4.78 is 0. The number of aliphatic hydroxyl groups excluding tert-OH is 1. The second-order valence-corrected chi connectivity index (χ2v) is 12.1. The molecule has 0 spiro atoms. The van der Waals surface area contributed by atoms with E-state index >= 15 is 0 Å². The summed E-state index contributed by atoms with van der Waals surface area (Å²) in [7, 11) is 0. The average molecular weight is 398 g/mol. The molecule has 0 aromatic heterocycles. The first kappa shape index (κ1) is 21.4. The number of hydrogen-bond acceptors (Lipinski definition) is 2. The highest BCUT2D eigenvalue weighted by Crippen LogP contribution is 2.68. The van der Waals surface area contributed by atoms with E-state index in [1.54, 1.807) is 11.1 Å². The lowest BCUT2D eigenvalue weighted by atomic mass is 9.45. The predicted molar refractivity (Wildman–Crippen MR) is 119 cm³/mol. The number of nitrogens with zero attached hydrogens (tertiary/aromatic N) is 1. The van der Waals surface area contributed by atoms with Gasteiger partial charge in [0.25, 0.3) is 0 Å². The topological polar surface area (TPSA) is 44.0 Å². The van der Waals surface area contributed by atoms with Gasteiger partial charge in [0.1, 0.15) is 0 Å². The molecular formula is C27H43NO. The van der Waals surface area contributed by atoms with Gasteiger partial charge in [-0.2, -0.15) is 5.26 Å². The maximum Gasteiger partial charge on any atom is 0.0700 e. The van der Waals surface area contributed by atoms with Crippen molar-refractivity contribution in [3.63, 3.8) is 0 Å². The third-order valence-electron chi connectivity index (χ3n) is 10.3. The molecule has 2 saturated carbocycles. The molecule has 2 fully saturated rings.